The third kappa shape index (κ3) is 2.90. The van der Waals surface area contributed by atoms with E-state index >= 15 is 0 Å². The maximum atomic E-state index is 4.74. The second kappa shape index (κ2) is 5.96. The van der Waals surface area contributed by atoms with Crippen molar-refractivity contribution in [1.82, 2.24) is 24.4 Å². The molecule has 1 aliphatic heterocycles. The highest BCUT2D eigenvalue weighted by Gasteiger charge is 2.19. The van der Waals surface area contributed by atoms with Crippen LogP contribution in [0.15, 0.2) is 42.9 Å². The monoisotopic (exact) mass is 308 g/mol. The van der Waals surface area contributed by atoms with E-state index in [0.29, 0.717) is 0 Å². The van der Waals surface area contributed by atoms with Crippen LogP contribution in [0.25, 0.3) is 11.0 Å². The lowest BCUT2D eigenvalue weighted by molar-refractivity contribution is 0.241. The van der Waals surface area contributed by atoms with Crippen LogP contribution in [0.2, 0.25) is 0 Å². The number of benzene rings is 1. The fourth-order valence-electron chi connectivity index (χ4n) is 2.98. The molecule has 4 rings (SSSR count). The second-order valence-electron chi connectivity index (χ2n) is 5.93. The van der Waals surface area contributed by atoms with E-state index in [-0.39, 0.29) is 0 Å². The standard InChI is InChI=1S/C17H20N6/c1-21-7-6-18-17(21)13-22-8-10-23(11-9-22)16-12-19-14-4-2-3-5-15(14)20-16/h2-7,12H,8-11,13H2,1H3. The predicted octanol–water partition coefficient (Wildman–Crippen LogP) is 1.69. The summed E-state index contributed by atoms with van der Waals surface area (Å²) in [6.45, 7) is 4.87. The zero-order chi connectivity index (χ0) is 15.6. The molecule has 3 heterocycles. The van der Waals surface area contributed by atoms with Crippen molar-refractivity contribution in [3.8, 4) is 0 Å². The molecule has 0 bridgehead atoms. The number of anilines is 1. The first-order valence-electron chi connectivity index (χ1n) is 7.95. The van der Waals surface area contributed by atoms with E-state index in [9.17, 15) is 0 Å². The molecule has 0 N–H and O–H groups in total. The molecular formula is C17H20N6. The Bertz CT molecular complexity index is 803. The smallest absolute Gasteiger partial charge is 0.147 e. The minimum atomic E-state index is 0.904. The molecule has 2 aromatic heterocycles. The Balaban J connectivity index is 1.43. The first kappa shape index (κ1) is 14.1. The zero-order valence-electron chi connectivity index (χ0n) is 13.3. The van der Waals surface area contributed by atoms with Crippen LogP contribution in [0, 0.1) is 0 Å². The summed E-state index contributed by atoms with van der Waals surface area (Å²) in [5, 5.41) is 0. The fourth-order valence-corrected chi connectivity index (χ4v) is 2.98. The maximum absolute atomic E-state index is 4.74. The minimum absolute atomic E-state index is 0.904. The lowest BCUT2D eigenvalue weighted by atomic mass is 10.3. The van der Waals surface area contributed by atoms with Gasteiger partial charge in [0.15, 0.2) is 0 Å². The highest BCUT2D eigenvalue weighted by Crippen LogP contribution is 2.17. The summed E-state index contributed by atoms with van der Waals surface area (Å²) in [4.78, 5) is 18.4. The summed E-state index contributed by atoms with van der Waals surface area (Å²) in [6.07, 6.45) is 5.74. The molecule has 0 aliphatic carbocycles. The highest BCUT2D eigenvalue weighted by atomic mass is 15.3. The van der Waals surface area contributed by atoms with Gasteiger partial charge in [0.2, 0.25) is 0 Å². The van der Waals surface area contributed by atoms with Gasteiger partial charge in [0.1, 0.15) is 11.6 Å². The number of imidazole rings is 1. The molecule has 0 spiro atoms. The summed E-state index contributed by atoms with van der Waals surface area (Å²) >= 11 is 0. The maximum Gasteiger partial charge on any atom is 0.147 e. The lowest BCUT2D eigenvalue weighted by Gasteiger charge is -2.35. The number of piperazine rings is 1. The van der Waals surface area contributed by atoms with Gasteiger partial charge < -0.3 is 9.47 Å². The quantitative estimate of drug-likeness (QED) is 0.737. The van der Waals surface area contributed by atoms with Gasteiger partial charge in [-0.1, -0.05) is 12.1 Å². The Labute approximate surface area is 135 Å². The lowest BCUT2D eigenvalue weighted by Crippen LogP contribution is -2.46. The molecule has 23 heavy (non-hydrogen) atoms. The number of aryl methyl sites for hydroxylation is 1. The van der Waals surface area contributed by atoms with Crippen molar-refractivity contribution in [1.29, 1.82) is 0 Å². The van der Waals surface area contributed by atoms with Crippen LogP contribution in [0.1, 0.15) is 5.82 Å². The fraction of sp³-hybridized carbons (Fsp3) is 0.353. The van der Waals surface area contributed by atoms with E-state index in [1.54, 1.807) is 0 Å². The van der Waals surface area contributed by atoms with Gasteiger partial charge in [0.05, 0.1) is 23.8 Å². The van der Waals surface area contributed by atoms with Crippen LogP contribution < -0.4 is 4.90 Å². The molecule has 118 valence electrons. The van der Waals surface area contributed by atoms with Crippen molar-refractivity contribution in [2.45, 2.75) is 6.54 Å². The molecule has 6 nitrogen and oxygen atoms in total. The molecule has 1 aromatic carbocycles. The van der Waals surface area contributed by atoms with Gasteiger partial charge in [0, 0.05) is 45.6 Å². The van der Waals surface area contributed by atoms with E-state index in [2.05, 4.69) is 24.3 Å². The summed E-state index contributed by atoms with van der Waals surface area (Å²) in [7, 11) is 2.04. The number of hydrogen-bond acceptors (Lipinski definition) is 5. The number of rotatable bonds is 3. The van der Waals surface area contributed by atoms with Crippen molar-refractivity contribution in [2.75, 3.05) is 31.1 Å². The third-order valence-corrected chi connectivity index (χ3v) is 4.42. The zero-order valence-corrected chi connectivity index (χ0v) is 13.3. The average molecular weight is 308 g/mol. The van der Waals surface area contributed by atoms with Gasteiger partial charge in [-0.2, -0.15) is 0 Å². The number of nitrogens with zero attached hydrogens (tertiary/aromatic N) is 6. The molecule has 1 fully saturated rings. The molecule has 6 heteroatoms. The Morgan fingerprint density at radius 3 is 2.52 bits per heavy atom. The summed E-state index contributed by atoms with van der Waals surface area (Å²) in [5.41, 5.74) is 1.91. The molecule has 3 aromatic rings. The largest absolute Gasteiger partial charge is 0.353 e. The van der Waals surface area contributed by atoms with Crippen molar-refractivity contribution in [3.63, 3.8) is 0 Å². The molecule has 0 saturated carbocycles. The van der Waals surface area contributed by atoms with Crippen LogP contribution in [-0.2, 0) is 13.6 Å². The van der Waals surface area contributed by atoms with Crippen LogP contribution >= 0.6 is 0 Å². The van der Waals surface area contributed by atoms with Gasteiger partial charge in [0.25, 0.3) is 0 Å². The predicted molar refractivity (Wildman–Crippen MR) is 90.2 cm³/mol. The highest BCUT2D eigenvalue weighted by molar-refractivity contribution is 5.75. The van der Waals surface area contributed by atoms with Crippen molar-refractivity contribution in [2.24, 2.45) is 7.05 Å². The van der Waals surface area contributed by atoms with E-state index in [0.717, 1.165) is 55.4 Å². The van der Waals surface area contributed by atoms with Gasteiger partial charge in [-0.15, -0.1) is 0 Å². The Kier molecular flexibility index (Phi) is 3.67. The molecule has 1 saturated heterocycles. The Morgan fingerprint density at radius 2 is 1.78 bits per heavy atom. The van der Waals surface area contributed by atoms with Gasteiger partial charge in [-0.05, 0) is 12.1 Å². The number of para-hydroxylation sites is 2. The van der Waals surface area contributed by atoms with Crippen molar-refractivity contribution >= 4 is 16.9 Å². The van der Waals surface area contributed by atoms with E-state index in [1.165, 1.54) is 0 Å². The van der Waals surface area contributed by atoms with Gasteiger partial charge in [-0.25, -0.2) is 9.97 Å². The topological polar surface area (TPSA) is 50.1 Å². The Hall–Kier alpha value is -2.47. The average Bonchev–Trinajstić information content (AvgIpc) is 3.00. The number of aromatic nitrogens is 4. The van der Waals surface area contributed by atoms with Crippen LogP contribution in [-0.4, -0.2) is 50.6 Å². The van der Waals surface area contributed by atoms with Crippen LogP contribution in [0.5, 0.6) is 0 Å². The van der Waals surface area contributed by atoms with Crippen molar-refractivity contribution in [3.05, 3.63) is 48.7 Å². The van der Waals surface area contributed by atoms with E-state index in [1.807, 2.05) is 49.9 Å². The van der Waals surface area contributed by atoms with Gasteiger partial charge in [-0.3, -0.25) is 9.88 Å². The molecule has 0 amide bonds. The van der Waals surface area contributed by atoms with Crippen LogP contribution in [0.4, 0.5) is 5.82 Å². The SMILES string of the molecule is Cn1ccnc1CN1CCN(c2cnc3ccccc3n2)CC1. The normalized spacial score (nSPS) is 16.1. The first-order chi connectivity index (χ1) is 11.3. The first-order valence-corrected chi connectivity index (χ1v) is 7.95. The summed E-state index contributed by atoms with van der Waals surface area (Å²) < 4.78 is 2.08. The second-order valence-corrected chi connectivity index (χ2v) is 5.93. The van der Waals surface area contributed by atoms with Crippen LogP contribution in [0.3, 0.4) is 0 Å². The van der Waals surface area contributed by atoms with Gasteiger partial charge >= 0.3 is 0 Å². The molecule has 0 unspecified atom stereocenters. The number of hydrogen-bond donors (Lipinski definition) is 0. The van der Waals surface area contributed by atoms with Crippen molar-refractivity contribution < 1.29 is 0 Å². The molecular weight excluding hydrogens is 288 g/mol. The summed E-state index contributed by atoms with van der Waals surface area (Å²) in [6, 6.07) is 8.01. The molecule has 1 aliphatic rings. The third-order valence-electron chi connectivity index (χ3n) is 4.42. The summed E-state index contributed by atoms with van der Waals surface area (Å²) in [5.74, 6) is 2.09. The number of fused-ring (bicyclic) bond motifs is 1. The van der Waals surface area contributed by atoms with E-state index < -0.39 is 0 Å². The molecule has 0 radical (unpaired) electrons. The minimum Gasteiger partial charge on any atom is -0.353 e. The van der Waals surface area contributed by atoms with E-state index in [4.69, 9.17) is 4.98 Å². The Morgan fingerprint density at radius 1 is 1.00 bits per heavy atom. The molecule has 0 atom stereocenters.